The number of thioether (sulfide) groups is 1. The summed E-state index contributed by atoms with van der Waals surface area (Å²) >= 11 is 7.56. The van der Waals surface area contributed by atoms with Crippen LogP contribution in [0.25, 0.3) is 5.69 Å². The van der Waals surface area contributed by atoms with Crippen molar-refractivity contribution in [2.24, 2.45) is 0 Å². The third-order valence-electron chi connectivity index (χ3n) is 5.25. The summed E-state index contributed by atoms with van der Waals surface area (Å²) < 4.78 is 2.03. The van der Waals surface area contributed by atoms with Crippen molar-refractivity contribution in [1.29, 1.82) is 0 Å². The minimum absolute atomic E-state index is 0.0649. The maximum Gasteiger partial charge on any atom is 0.225 e. The lowest BCUT2D eigenvalue weighted by molar-refractivity contribution is -0.115. The first kappa shape index (κ1) is 23.9. The van der Waals surface area contributed by atoms with Gasteiger partial charge in [0.15, 0.2) is 11.0 Å². The number of anilines is 2. The fraction of sp³-hybridized carbons (Fsp3) is 0.192. The maximum atomic E-state index is 12.5. The Hall–Kier alpha value is -3.29. The lowest BCUT2D eigenvalue weighted by Gasteiger charge is -2.12. The number of amides is 1. The second-order valence-electron chi connectivity index (χ2n) is 7.90. The van der Waals surface area contributed by atoms with Gasteiger partial charge < -0.3 is 10.6 Å². The Kier molecular flexibility index (Phi) is 7.87. The molecule has 0 spiro atoms. The fourth-order valence-electron chi connectivity index (χ4n) is 3.37. The molecular formula is C26H26ClN5OS. The molecule has 2 N–H and O–H groups in total. The van der Waals surface area contributed by atoms with Crippen LogP contribution in [0.3, 0.4) is 0 Å². The number of hydrogen-bond acceptors (Lipinski definition) is 5. The quantitative estimate of drug-likeness (QED) is 0.270. The molecule has 34 heavy (non-hydrogen) atoms. The zero-order valence-corrected chi connectivity index (χ0v) is 20.7. The molecule has 6 nitrogen and oxygen atoms in total. The summed E-state index contributed by atoms with van der Waals surface area (Å²) in [6, 6.07) is 23.7. The highest BCUT2D eigenvalue weighted by Gasteiger charge is 2.15. The highest BCUT2D eigenvalue weighted by atomic mass is 35.5. The third kappa shape index (κ3) is 6.18. The van der Waals surface area contributed by atoms with Crippen molar-refractivity contribution in [2.75, 3.05) is 16.4 Å². The zero-order chi connectivity index (χ0) is 23.9. The monoisotopic (exact) mass is 491 g/mol. The zero-order valence-electron chi connectivity index (χ0n) is 19.1. The van der Waals surface area contributed by atoms with E-state index in [2.05, 4.69) is 52.0 Å². The van der Waals surface area contributed by atoms with E-state index >= 15 is 0 Å². The van der Waals surface area contributed by atoms with Crippen LogP contribution in [0, 0.1) is 13.8 Å². The van der Waals surface area contributed by atoms with Crippen molar-refractivity contribution in [3.8, 4) is 5.69 Å². The van der Waals surface area contributed by atoms with Gasteiger partial charge in [-0.3, -0.25) is 9.36 Å². The number of hydrogen-bond donors (Lipinski definition) is 2. The van der Waals surface area contributed by atoms with E-state index < -0.39 is 0 Å². The number of carbonyl (C=O) groups is 1. The van der Waals surface area contributed by atoms with Crippen LogP contribution in [0.5, 0.6) is 0 Å². The molecule has 0 atom stereocenters. The molecule has 3 aromatic carbocycles. The van der Waals surface area contributed by atoms with Crippen LogP contribution in [-0.4, -0.2) is 26.4 Å². The Balaban J connectivity index is 1.43. The van der Waals surface area contributed by atoms with Gasteiger partial charge in [-0.05, 0) is 55.8 Å². The molecule has 0 bridgehead atoms. The highest BCUT2D eigenvalue weighted by molar-refractivity contribution is 7.99. The Morgan fingerprint density at radius 3 is 2.53 bits per heavy atom. The Labute approximate surface area is 208 Å². The number of halogens is 1. The molecule has 0 radical (unpaired) electrons. The van der Waals surface area contributed by atoms with Crippen molar-refractivity contribution in [1.82, 2.24) is 14.8 Å². The first-order valence-electron chi connectivity index (χ1n) is 11.0. The molecule has 4 aromatic rings. The molecule has 0 unspecified atom stereocenters. The second-order valence-corrected chi connectivity index (χ2v) is 9.39. The number of rotatable bonds is 9. The second kappa shape index (κ2) is 11.2. The Morgan fingerprint density at radius 1 is 1.00 bits per heavy atom. The van der Waals surface area contributed by atoms with E-state index in [1.54, 1.807) is 6.07 Å². The van der Waals surface area contributed by atoms with Gasteiger partial charge in [-0.25, -0.2) is 0 Å². The first-order valence-corrected chi connectivity index (χ1v) is 12.3. The molecule has 174 valence electrons. The van der Waals surface area contributed by atoms with Crippen molar-refractivity contribution in [2.45, 2.75) is 32.0 Å². The normalized spacial score (nSPS) is 10.8. The molecule has 0 aliphatic rings. The number of aromatic nitrogens is 3. The van der Waals surface area contributed by atoms with Gasteiger partial charge in [0, 0.05) is 34.3 Å². The van der Waals surface area contributed by atoms with Crippen molar-refractivity contribution in [3.63, 3.8) is 0 Å². The standard InChI is InChI=1S/C26H26ClN5OS/c1-18-8-12-21(13-9-18)28-17-24-30-31-26(32(24)22-6-4-3-5-7-22)34-15-14-25(33)29-23-16-20(27)11-10-19(23)2/h3-13,16,28H,14-15,17H2,1-2H3,(H,29,33). The molecule has 8 heteroatoms. The van der Waals surface area contributed by atoms with Crippen LogP contribution in [0.15, 0.2) is 78.0 Å². The van der Waals surface area contributed by atoms with Gasteiger partial charge >= 0.3 is 0 Å². The largest absolute Gasteiger partial charge is 0.378 e. The van der Waals surface area contributed by atoms with Gasteiger partial charge in [-0.15, -0.1) is 10.2 Å². The Morgan fingerprint density at radius 2 is 1.76 bits per heavy atom. The predicted octanol–water partition coefficient (Wildman–Crippen LogP) is 6.27. The van der Waals surface area contributed by atoms with Gasteiger partial charge in [0.05, 0.1) is 6.54 Å². The third-order valence-corrected chi connectivity index (χ3v) is 6.42. The van der Waals surface area contributed by atoms with E-state index in [9.17, 15) is 4.79 Å². The summed E-state index contributed by atoms with van der Waals surface area (Å²) in [7, 11) is 0. The summed E-state index contributed by atoms with van der Waals surface area (Å²) in [4.78, 5) is 12.5. The number of aryl methyl sites for hydroxylation is 2. The number of nitrogens with one attached hydrogen (secondary N) is 2. The lowest BCUT2D eigenvalue weighted by Crippen LogP contribution is -2.13. The number of carbonyl (C=O) groups excluding carboxylic acids is 1. The van der Waals surface area contributed by atoms with E-state index in [0.29, 0.717) is 23.7 Å². The van der Waals surface area contributed by atoms with Gasteiger partial charge in [0.1, 0.15) is 0 Å². The van der Waals surface area contributed by atoms with Crippen molar-refractivity contribution in [3.05, 3.63) is 94.8 Å². The van der Waals surface area contributed by atoms with Crippen LogP contribution < -0.4 is 10.6 Å². The molecule has 1 heterocycles. The minimum Gasteiger partial charge on any atom is -0.378 e. The molecule has 0 fully saturated rings. The van der Waals surface area contributed by atoms with Crippen LogP contribution in [0.4, 0.5) is 11.4 Å². The summed E-state index contributed by atoms with van der Waals surface area (Å²) in [5, 5.41) is 16.5. The number of para-hydroxylation sites is 1. The summed E-state index contributed by atoms with van der Waals surface area (Å²) in [6.45, 7) is 4.53. The topological polar surface area (TPSA) is 71.8 Å². The van der Waals surface area contributed by atoms with Crippen molar-refractivity contribution >= 4 is 40.6 Å². The Bertz CT molecular complexity index is 1260. The molecule has 4 rings (SSSR count). The van der Waals surface area contributed by atoms with Gasteiger partial charge in [0.2, 0.25) is 5.91 Å². The van der Waals surface area contributed by atoms with E-state index in [1.807, 2.05) is 54.0 Å². The SMILES string of the molecule is Cc1ccc(NCc2nnc(SCCC(=O)Nc3cc(Cl)ccc3C)n2-c2ccccc2)cc1. The summed E-state index contributed by atoms with van der Waals surface area (Å²) in [5.74, 6) is 1.31. The van der Waals surface area contributed by atoms with E-state index in [0.717, 1.165) is 33.6 Å². The fourth-order valence-corrected chi connectivity index (χ4v) is 4.45. The number of benzene rings is 3. The predicted molar refractivity (Wildman–Crippen MR) is 140 cm³/mol. The molecular weight excluding hydrogens is 466 g/mol. The maximum absolute atomic E-state index is 12.5. The first-order chi connectivity index (χ1) is 16.5. The van der Waals surface area contributed by atoms with Crippen LogP contribution in [0.2, 0.25) is 5.02 Å². The smallest absolute Gasteiger partial charge is 0.225 e. The number of nitrogens with zero attached hydrogens (tertiary/aromatic N) is 3. The van der Waals surface area contributed by atoms with Crippen molar-refractivity contribution < 1.29 is 4.79 Å². The van der Waals surface area contributed by atoms with Gasteiger partial charge in [-0.1, -0.05) is 65.3 Å². The molecule has 1 aromatic heterocycles. The van der Waals surface area contributed by atoms with Gasteiger partial charge in [0.25, 0.3) is 0 Å². The highest BCUT2D eigenvalue weighted by Crippen LogP contribution is 2.24. The van der Waals surface area contributed by atoms with E-state index in [-0.39, 0.29) is 5.91 Å². The molecule has 0 saturated heterocycles. The average Bonchev–Trinajstić information content (AvgIpc) is 3.24. The van der Waals surface area contributed by atoms with Crippen LogP contribution >= 0.6 is 23.4 Å². The molecule has 0 aliphatic heterocycles. The summed E-state index contributed by atoms with van der Waals surface area (Å²) in [6.07, 6.45) is 0.342. The van der Waals surface area contributed by atoms with E-state index in [1.165, 1.54) is 17.3 Å². The average molecular weight is 492 g/mol. The lowest BCUT2D eigenvalue weighted by atomic mass is 10.2. The van der Waals surface area contributed by atoms with E-state index in [4.69, 9.17) is 11.6 Å². The van der Waals surface area contributed by atoms with Gasteiger partial charge in [-0.2, -0.15) is 0 Å². The molecule has 1 amide bonds. The molecule has 0 aliphatic carbocycles. The van der Waals surface area contributed by atoms with Crippen LogP contribution in [0.1, 0.15) is 23.4 Å². The molecule has 0 saturated carbocycles. The summed E-state index contributed by atoms with van der Waals surface area (Å²) in [5.41, 5.74) is 4.93. The minimum atomic E-state index is -0.0649. The van der Waals surface area contributed by atoms with Crippen LogP contribution in [-0.2, 0) is 11.3 Å².